The molecule has 4 aromatic rings. The molecule has 5 rings (SSSR count). The van der Waals surface area contributed by atoms with Gasteiger partial charge in [-0.2, -0.15) is 5.10 Å². The van der Waals surface area contributed by atoms with Crippen molar-refractivity contribution in [2.75, 3.05) is 0 Å². The van der Waals surface area contributed by atoms with E-state index in [-0.39, 0.29) is 11.9 Å². The van der Waals surface area contributed by atoms with Crippen LogP contribution in [0.25, 0.3) is 12.2 Å². The lowest BCUT2D eigenvalue weighted by molar-refractivity contribution is -0.129. The van der Waals surface area contributed by atoms with Gasteiger partial charge in [0.25, 0.3) is 5.91 Å². The second kappa shape index (κ2) is 11.8. The lowest BCUT2D eigenvalue weighted by Crippen LogP contribution is -2.25. The van der Waals surface area contributed by atoms with E-state index in [4.69, 9.17) is 9.84 Å². The van der Waals surface area contributed by atoms with Crippen LogP contribution in [0.4, 0.5) is 0 Å². The average Bonchev–Trinajstić information content (AvgIpc) is 3.42. The van der Waals surface area contributed by atoms with Gasteiger partial charge in [0.1, 0.15) is 5.75 Å². The van der Waals surface area contributed by atoms with Crippen LogP contribution in [-0.2, 0) is 9.59 Å². The first kappa shape index (κ1) is 24.7. The maximum atomic E-state index is 13.3. The minimum Gasteiger partial charge on any atom is -0.423 e. The third-order valence-corrected chi connectivity index (χ3v) is 6.16. The van der Waals surface area contributed by atoms with Crippen molar-refractivity contribution in [1.82, 2.24) is 5.01 Å². The summed E-state index contributed by atoms with van der Waals surface area (Å²) in [7, 11) is 0. The minimum absolute atomic E-state index is 0.224. The molecule has 0 saturated heterocycles. The fourth-order valence-corrected chi connectivity index (χ4v) is 4.28. The zero-order valence-corrected chi connectivity index (χ0v) is 20.7. The van der Waals surface area contributed by atoms with Gasteiger partial charge in [-0.25, -0.2) is 9.80 Å². The van der Waals surface area contributed by atoms with Gasteiger partial charge < -0.3 is 4.74 Å². The summed E-state index contributed by atoms with van der Waals surface area (Å²) in [5, 5.41) is 6.24. The molecule has 5 heteroatoms. The Morgan fingerprint density at radius 1 is 0.711 bits per heavy atom. The van der Waals surface area contributed by atoms with Crippen molar-refractivity contribution < 1.29 is 14.3 Å². The summed E-state index contributed by atoms with van der Waals surface area (Å²) < 4.78 is 5.70. The van der Waals surface area contributed by atoms with Gasteiger partial charge in [-0.3, -0.25) is 4.79 Å². The Hall–Kier alpha value is -5.03. The van der Waals surface area contributed by atoms with Gasteiger partial charge in [-0.05, 0) is 41.0 Å². The van der Waals surface area contributed by atoms with E-state index in [2.05, 4.69) is 0 Å². The second-order valence-electron chi connectivity index (χ2n) is 8.77. The summed E-state index contributed by atoms with van der Waals surface area (Å²) in [6.07, 6.45) is 6.93. The fourth-order valence-electron chi connectivity index (χ4n) is 4.28. The Morgan fingerprint density at radius 3 is 1.92 bits per heavy atom. The Labute approximate surface area is 222 Å². The van der Waals surface area contributed by atoms with Crippen LogP contribution in [0.15, 0.2) is 133 Å². The number of ether oxygens (including phenoxy) is 1. The van der Waals surface area contributed by atoms with E-state index in [0.29, 0.717) is 23.4 Å². The van der Waals surface area contributed by atoms with E-state index in [1.54, 1.807) is 18.2 Å². The molecule has 1 unspecified atom stereocenters. The van der Waals surface area contributed by atoms with Gasteiger partial charge in [0.15, 0.2) is 0 Å². The van der Waals surface area contributed by atoms with E-state index in [9.17, 15) is 9.59 Å². The molecule has 4 aromatic carbocycles. The van der Waals surface area contributed by atoms with Gasteiger partial charge in [0.05, 0.1) is 11.8 Å². The first-order valence-electron chi connectivity index (χ1n) is 12.4. The maximum Gasteiger partial charge on any atom is 0.336 e. The molecule has 1 atom stereocenters. The van der Waals surface area contributed by atoms with Crippen molar-refractivity contribution in [1.29, 1.82) is 0 Å². The molecule has 1 aliphatic rings. The number of esters is 1. The highest BCUT2D eigenvalue weighted by atomic mass is 16.5. The predicted molar refractivity (Wildman–Crippen MR) is 150 cm³/mol. The number of nitrogens with zero attached hydrogens (tertiary/aromatic N) is 2. The van der Waals surface area contributed by atoms with E-state index >= 15 is 0 Å². The number of carbonyl (C=O) groups excluding carboxylic acids is 2. The molecule has 1 amide bonds. The van der Waals surface area contributed by atoms with Crippen LogP contribution in [0.5, 0.6) is 5.75 Å². The normalized spacial score (nSPS) is 15.1. The van der Waals surface area contributed by atoms with Gasteiger partial charge >= 0.3 is 5.97 Å². The number of hydrogen-bond acceptors (Lipinski definition) is 4. The molecule has 0 N–H and O–H groups in total. The Morgan fingerprint density at radius 2 is 1.26 bits per heavy atom. The van der Waals surface area contributed by atoms with Crippen molar-refractivity contribution in [3.05, 3.63) is 150 Å². The summed E-state index contributed by atoms with van der Waals surface area (Å²) in [6, 6.07) is 36.0. The van der Waals surface area contributed by atoms with Crippen molar-refractivity contribution in [2.45, 2.75) is 12.5 Å². The van der Waals surface area contributed by atoms with E-state index in [1.807, 2.05) is 109 Å². The SMILES string of the molecule is O=C(C=Cc1ccccc1)Oc1ccccc1C1=NN(C(=O)C=Cc2ccccc2)C(c2ccccc2)C1. The van der Waals surface area contributed by atoms with E-state index in [0.717, 1.165) is 16.7 Å². The van der Waals surface area contributed by atoms with Crippen LogP contribution < -0.4 is 4.74 Å². The van der Waals surface area contributed by atoms with Crippen molar-refractivity contribution in [3.63, 3.8) is 0 Å². The Kier molecular flexibility index (Phi) is 7.66. The smallest absolute Gasteiger partial charge is 0.336 e. The number of benzene rings is 4. The molecule has 0 fully saturated rings. The van der Waals surface area contributed by atoms with Gasteiger partial charge in [0.2, 0.25) is 0 Å². The number of para-hydroxylation sites is 1. The summed E-state index contributed by atoms with van der Waals surface area (Å²) in [5.41, 5.74) is 4.17. The summed E-state index contributed by atoms with van der Waals surface area (Å²) in [4.78, 5) is 25.9. The zero-order chi connectivity index (χ0) is 26.2. The number of hydrazone groups is 1. The molecule has 1 aliphatic heterocycles. The van der Waals surface area contributed by atoms with Crippen molar-refractivity contribution in [2.24, 2.45) is 5.10 Å². The quantitative estimate of drug-likeness (QED) is 0.162. The lowest BCUT2D eigenvalue weighted by atomic mass is 9.98. The van der Waals surface area contributed by atoms with E-state index in [1.165, 1.54) is 17.2 Å². The number of hydrogen-bond donors (Lipinski definition) is 0. The largest absolute Gasteiger partial charge is 0.423 e. The highest BCUT2D eigenvalue weighted by Crippen LogP contribution is 2.35. The molecule has 0 spiro atoms. The van der Waals surface area contributed by atoms with Crippen LogP contribution in [0.1, 0.15) is 34.7 Å². The third kappa shape index (κ3) is 6.02. The van der Waals surface area contributed by atoms with Gasteiger partial charge in [-0.1, -0.05) is 103 Å². The molecule has 0 aliphatic carbocycles. The second-order valence-corrected chi connectivity index (χ2v) is 8.77. The van der Waals surface area contributed by atoms with Crippen LogP contribution in [0.2, 0.25) is 0 Å². The van der Waals surface area contributed by atoms with Crippen LogP contribution in [0, 0.1) is 0 Å². The fraction of sp³-hybridized carbons (Fsp3) is 0.0606. The highest BCUT2D eigenvalue weighted by Gasteiger charge is 2.33. The van der Waals surface area contributed by atoms with Crippen molar-refractivity contribution in [3.8, 4) is 5.75 Å². The standard InChI is InChI=1S/C33H26N2O3/c36-32(22-20-25-12-4-1-5-13-25)35-30(27-16-8-3-9-17-27)24-29(34-35)28-18-10-11-19-31(28)38-33(37)23-21-26-14-6-2-7-15-26/h1-23,30H,24H2. The van der Waals surface area contributed by atoms with Crippen molar-refractivity contribution >= 4 is 29.7 Å². The lowest BCUT2D eigenvalue weighted by Gasteiger charge is -2.20. The molecular weight excluding hydrogens is 472 g/mol. The van der Waals surface area contributed by atoms with Gasteiger partial charge in [0, 0.05) is 24.1 Å². The highest BCUT2D eigenvalue weighted by molar-refractivity contribution is 6.06. The Balaban J connectivity index is 1.41. The number of amides is 1. The van der Waals surface area contributed by atoms with Gasteiger partial charge in [-0.15, -0.1) is 0 Å². The Bertz CT molecular complexity index is 1490. The number of rotatable bonds is 7. The molecule has 1 heterocycles. The third-order valence-electron chi connectivity index (χ3n) is 6.16. The zero-order valence-electron chi connectivity index (χ0n) is 20.7. The molecule has 186 valence electrons. The van der Waals surface area contributed by atoms with Crippen LogP contribution in [0.3, 0.4) is 0 Å². The molecule has 5 nitrogen and oxygen atoms in total. The molecule has 0 aromatic heterocycles. The summed E-state index contributed by atoms with van der Waals surface area (Å²) >= 11 is 0. The molecule has 0 bridgehead atoms. The average molecular weight is 499 g/mol. The number of carbonyl (C=O) groups is 2. The monoisotopic (exact) mass is 498 g/mol. The maximum absolute atomic E-state index is 13.3. The molecule has 0 saturated carbocycles. The van der Waals surface area contributed by atoms with Crippen LogP contribution >= 0.6 is 0 Å². The topological polar surface area (TPSA) is 59.0 Å². The van der Waals surface area contributed by atoms with E-state index < -0.39 is 5.97 Å². The minimum atomic E-state index is -0.488. The predicted octanol–water partition coefficient (Wildman–Crippen LogP) is 6.70. The molecule has 0 radical (unpaired) electrons. The summed E-state index contributed by atoms with van der Waals surface area (Å²) in [6.45, 7) is 0. The van der Waals surface area contributed by atoms with Crippen LogP contribution in [-0.4, -0.2) is 22.6 Å². The summed E-state index contributed by atoms with van der Waals surface area (Å²) in [5.74, 6) is -0.314. The molecule has 38 heavy (non-hydrogen) atoms. The molecular formula is C33H26N2O3. The first-order chi connectivity index (χ1) is 18.7. The first-order valence-corrected chi connectivity index (χ1v) is 12.4.